The number of carboxylic acid groups (broad SMARTS) is 1. The number of rotatable bonds is 11. The Kier molecular flexibility index (Phi) is 11.5. The monoisotopic (exact) mass is 612 g/mol. The number of likely N-dealkylation sites (N-methyl/N-ethyl adjacent to an activating group) is 2. The lowest BCUT2D eigenvalue weighted by Crippen LogP contribution is -2.61. The van der Waals surface area contributed by atoms with Crippen LogP contribution >= 0.6 is 0 Å². The van der Waals surface area contributed by atoms with Crippen molar-refractivity contribution in [2.75, 3.05) is 14.1 Å². The van der Waals surface area contributed by atoms with E-state index in [9.17, 15) is 24.3 Å². The van der Waals surface area contributed by atoms with Crippen LogP contribution in [0.1, 0.15) is 74.8 Å². The van der Waals surface area contributed by atoms with Crippen molar-refractivity contribution in [1.82, 2.24) is 19.7 Å². The van der Waals surface area contributed by atoms with Crippen molar-refractivity contribution in [3.8, 4) is 0 Å². The number of carbonyl (C=O) groups is 4. The van der Waals surface area contributed by atoms with Gasteiger partial charge in [-0.25, -0.2) is 9.59 Å². The first-order chi connectivity index (χ1) is 20.1. The van der Waals surface area contributed by atoms with Crippen molar-refractivity contribution in [3.63, 3.8) is 0 Å². The zero-order chi connectivity index (χ0) is 33.9. The second kappa shape index (κ2) is 13.9. The molecule has 0 aliphatic heterocycles. The Morgan fingerprint density at radius 1 is 0.955 bits per heavy atom. The standard InChI is InChI=1S/C34H52N4O6/c1-20(2)26(18-22(5)31(41)42)37(12)30(40)27(21(3)4)35-29(39)28(38(13)32(43)44-33(6,7)8)34(9,10)24-19-36(11)25-17-15-14-16-23(24)25/h14-21,26-28H,1-13H3,(H,35,39)(H,41,42)/b22-18+/t26-,27+,28-/m1/s1. The first-order valence-corrected chi connectivity index (χ1v) is 15.1. The van der Waals surface area contributed by atoms with Gasteiger partial charge in [-0.3, -0.25) is 14.5 Å². The van der Waals surface area contributed by atoms with Crippen LogP contribution in [0.25, 0.3) is 10.9 Å². The summed E-state index contributed by atoms with van der Waals surface area (Å²) in [7, 11) is 5.09. The van der Waals surface area contributed by atoms with Crippen LogP contribution in [0, 0.1) is 11.8 Å². The molecule has 0 fully saturated rings. The highest BCUT2D eigenvalue weighted by Crippen LogP contribution is 2.37. The zero-order valence-electron chi connectivity index (χ0n) is 28.7. The molecule has 0 spiro atoms. The summed E-state index contributed by atoms with van der Waals surface area (Å²) in [5.41, 5.74) is 0.266. The lowest BCUT2D eigenvalue weighted by atomic mass is 9.76. The lowest BCUT2D eigenvalue weighted by molar-refractivity contribution is -0.140. The summed E-state index contributed by atoms with van der Waals surface area (Å²) >= 11 is 0. The van der Waals surface area contributed by atoms with Crippen LogP contribution in [0.2, 0.25) is 0 Å². The average Bonchev–Trinajstić information content (AvgIpc) is 3.25. The Morgan fingerprint density at radius 2 is 1.52 bits per heavy atom. The molecule has 0 saturated carbocycles. The van der Waals surface area contributed by atoms with Crippen molar-refractivity contribution in [2.24, 2.45) is 18.9 Å². The predicted octanol–water partition coefficient (Wildman–Crippen LogP) is 5.35. The fourth-order valence-electron chi connectivity index (χ4n) is 5.62. The van der Waals surface area contributed by atoms with Crippen LogP contribution in [0.3, 0.4) is 0 Å². The third-order valence-corrected chi connectivity index (χ3v) is 8.06. The largest absolute Gasteiger partial charge is 0.478 e. The Morgan fingerprint density at radius 3 is 2.02 bits per heavy atom. The molecule has 1 heterocycles. The normalized spacial score (nSPS) is 14.8. The third kappa shape index (κ3) is 8.21. The van der Waals surface area contributed by atoms with Crippen LogP contribution in [-0.4, -0.2) is 81.2 Å². The van der Waals surface area contributed by atoms with Gasteiger partial charge in [0.15, 0.2) is 0 Å². The molecule has 0 saturated heterocycles. The number of aliphatic carboxylic acids is 1. The predicted molar refractivity (Wildman–Crippen MR) is 173 cm³/mol. The number of aryl methyl sites for hydroxylation is 1. The maximum absolute atomic E-state index is 14.4. The Bertz CT molecular complexity index is 1400. The Balaban J connectivity index is 2.61. The SMILES string of the molecule is C/C(=C\[C@H](C(C)C)N(C)C(=O)[C@@H](NC(=O)[C@@H](N(C)C(=O)OC(C)(C)C)C(C)(C)c1cn(C)c2ccccc12)C(C)C)C(=O)O. The number of amides is 3. The molecule has 0 aliphatic rings. The molecule has 0 unspecified atom stereocenters. The Labute approximate surface area is 262 Å². The topological polar surface area (TPSA) is 121 Å². The molecular formula is C34H52N4O6. The van der Waals surface area contributed by atoms with Crippen molar-refractivity contribution < 1.29 is 29.0 Å². The van der Waals surface area contributed by atoms with E-state index < -0.39 is 47.1 Å². The maximum atomic E-state index is 14.4. The van der Waals surface area contributed by atoms with E-state index in [0.29, 0.717) is 0 Å². The second-order valence-electron chi connectivity index (χ2n) is 14.0. The maximum Gasteiger partial charge on any atom is 0.410 e. The fourth-order valence-corrected chi connectivity index (χ4v) is 5.62. The minimum atomic E-state index is -1.06. The summed E-state index contributed by atoms with van der Waals surface area (Å²) in [4.78, 5) is 56.1. The number of fused-ring (bicyclic) bond motifs is 1. The van der Waals surface area contributed by atoms with E-state index >= 15 is 0 Å². The first-order valence-electron chi connectivity index (χ1n) is 15.1. The molecule has 244 valence electrons. The van der Waals surface area contributed by atoms with Gasteiger partial charge in [0.1, 0.15) is 17.7 Å². The molecule has 0 bridgehead atoms. The van der Waals surface area contributed by atoms with Gasteiger partial charge in [-0.05, 0) is 51.2 Å². The summed E-state index contributed by atoms with van der Waals surface area (Å²) in [5, 5.41) is 13.4. The molecule has 2 rings (SSSR count). The van der Waals surface area contributed by atoms with Gasteiger partial charge in [0.25, 0.3) is 0 Å². The van der Waals surface area contributed by atoms with E-state index in [2.05, 4.69) is 5.32 Å². The number of hydrogen-bond acceptors (Lipinski definition) is 5. The minimum absolute atomic E-state index is 0.0851. The number of ether oxygens (including phenoxy) is 1. The van der Waals surface area contributed by atoms with E-state index in [-0.39, 0.29) is 23.3 Å². The van der Waals surface area contributed by atoms with E-state index in [0.717, 1.165) is 16.5 Å². The van der Waals surface area contributed by atoms with Crippen LogP contribution in [0.4, 0.5) is 4.79 Å². The quantitative estimate of drug-likeness (QED) is 0.330. The number of benzene rings is 1. The molecule has 0 radical (unpaired) electrons. The highest BCUT2D eigenvalue weighted by molar-refractivity contribution is 5.94. The van der Waals surface area contributed by atoms with Crippen LogP contribution < -0.4 is 5.32 Å². The zero-order valence-corrected chi connectivity index (χ0v) is 28.7. The summed E-state index contributed by atoms with van der Waals surface area (Å²) < 4.78 is 7.67. The number of nitrogens with zero attached hydrogens (tertiary/aromatic N) is 3. The number of hydrogen-bond donors (Lipinski definition) is 2. The fraction of sp³-hybridized carbons (Fsp3) is 0.588. The van der Waals surface area contributed by atoms with Crippen molar-refractivity contribution >= 4 is 34.8 Å². The molecule has 10 heteroatoms. The second-order valence-corrected chi connectivity index (χ2v) is 14.0. The van der Waals surface area contributed by atoms with Crippen LogP contribution in [0.5, 0.6) is 0 Å². The van der Waals surface area contributed by atoms with Gasteiger partial charge in [0.05, 0.1) is 6.04 Å². The molecule has 3 atom stereocenters. The highest BCUT2D eigenvalue weighted by Gasteiger charge is 2.45. The smallest absolute Gasteiger partial charge is 0.410 e. The number of carbonyl (C=O) groups excluding carboxylic acids is 3. The summed E-state index contributed by atoms with van der Waals surface area (Å²) in [6.45, 7) is 18.1. The number of aromatic nitrogens is 1. The highest BCUT2D eigenvalue weighted by atomic mass is 16.6. The van der Waals surface area contributed by atoms with Crippen molar-refractivity contribution in [3.05, 3.63) is 47.7 Å². The van der Waals surface area contributed by atoms with Gasteiger partial charge >= 0.3 is 12.1 Å². The van der Waals surface area contributed by atoms with Gasteiger partial charge in [-0.2, -0.15) is 0 Å². The molecular weight excluding hydrogens is 560 g/mol. The molecule has 2 aromatic rings. The molecule has 3 amide bonds. The third-order valence-electron chi connectivity index (χ3n) is 8.06. The molecule has 1 aromatic heterocycles. The molecule has 0 aliphatic carbocycles. The first kappa shape index (κ1) is 36.4. The van der Waals surface area contributed by atoms with E-state index in [1.807, 2.05) is 83.6 Å². The summed E-state index contributed by atoms with van der Waals surface area (Å²) in [5.74, 6) is -2.32. The molecule has 10 nitrogen and oxygen atoms in total. The van der Waals surface area contributed by atoms with Crippen molar-refractivity contribution in [2.45, 2.75) is 98.4 Å². The summed E-state index contributed by atoms with van der Waals surface area (Å²) in [6, 6.07) is 5.36. The Hall–Kier alpha value is -3.82. The minimum Gasteiger partial charge on any atom is -0.478 e. The van der Waals surface area contributed by atoms with Gasteiger partial charge < -0.3 is 24.6 Å². The number of carboxylic acids is 1. The lowest BCUT2D eigenvalue weighted by Gasteiger charge is -2.41. The van der Waals surface area contributed by atoms with Crippen LogP contribution in [-0.2, 0) is 31.6 Å². The molecule has 2 N–H and O–H groups in total. The van der Waals surface area contributed by atoms with E-state index in [1.54, 1.807) is 33.9 Å². The van der Waals surface area contributed by atoms with Gasteiger partial charge in [-0.15, -0.1) is 0 Å². The van der Waals surface area contributed by atoms with E-state index in [1.165, 1.54) is 23.8 Å². The van der Waals surface area contributed by atoms with Crippen LogP contribution in [0.15, 0.2) is 42.1 Å². The van der Waals surface area contributed by atoms with Gasteiger partial charge in [0, 0.05) is 49.2 Å². The van der Waals surface area contributed by atoms with E-state index in [4.69, 9.17) is 4.74 Å². The van der Waals surface area contributed by atoms with Crippen molar-refractivity contribution in [1.29, 1.82) is 0 Å². The summed E-state index contributed by atoms with van der Waals surface area (Å²) in [6.07, 6.45) is 2.87. The molecule has 44 heavy (non-hydrogen) atoms. The number of para-hydroxylation sites is 1. The van der Waals surface area contributed by atoms with Gasteiger partial charge in [-0.1, -0.05) is 65.8 Å². The molecule has 1 aromatic carbocycles. The van der Waals surface area contributed by atoms with Gasteiger partial charge in [0.2, 0.25) is 11.8 Å². The number of nitrogens with one attached hydrogen (secondary N) is 1. The average molecular weight is 613 g/mol.